The molecule has 0 radical (unpaired) electrons. The Morgan fingerprint density at radius 2 is 2.06 bits per heavy atom. The van der Waals surface area contributed by atoms with E-state index in [1.54, 1.807) is 19.9 Å². The van der Waals surface area contributed by atoms with E-state index in [-0.39, 0.29) is 6.04 Å². The quantitative estimate of drug-likeness (QED) is 0.699. The van der Waals surface area contributed by atoms with E-state index in [4.69, 9.17) is 10.8 Å². The van der Waals surface area contributed by atoms with Crippen LogP contribution >= 0.6 is 0 Å². The van der Waals surface area contributed by atoms with Gasteiger partial charge in [-0.05, 0) is 26.0 Å². The second-order valence-electron chi connectivity index (χ2n) is 3.86. The lowest BCUT2D eigenvalue weighted by Crippen LogP contribution is -2.30. The largest absolute Gasteiger partial charge is 0.481 e. The predicted molar refractivity (Wildman–Crippen MR) is 62.6 cm³/mol. The summed E-state index contributed by atoms with van der Waals surface area (Å²) in [4.78, 5) is 25.5. The monoisotopic (exact) mass is 237 g/mol. The van der Waals surface area contributed by atoms with Gasteiger partial charge in [-0.1, -0.05) is 0 Å². The molecule has 1 amide bonds. The summed E-state index contributed by atoms with van der Waals surface area (Å²) in [5.74, 6) is -1.45. The van der Waals surface area contributed by atoms with E-state index in [2.05, 4.69) is 10.3 Å². The van der Waals surface area contributed by atoms with Crippen LogP contribution in [0.5, 0.6) is 0 Å². The topological polar surface area (TPSA) is 105 Å². The van der Waals surface area contributed by atoms with Crippen molar-refractivity contribution in [1.82, 2.24) is 4.98 Å². The predicted octanol–water partition coefficient (Wildman–Crippen LogP) is 0.702. The van der Waals surface area contributed by atoms with Crippen molar-refractivity contribution in [1.29, 1.82) is 0 Å². The highest BCUT2D eigenvalue weighted by Gasteiger charge is 2.19. The second kappa shape index (κ2) is 5.29. The number of hydrogen-bond donors (Lipinski definition) is 3. The van der Waals surface area contributed by atoms with Gasteiger partial charge in [-0.25, -0.2) is 4.98 Å². The van der Waals surface area contributed by atoms with Crippen molar-refractivity contribution < 1.29 is 14.7 Å². The maximum Gasteiger partial charge on any atom is 0.308 e. The van der Waals surface area contributed by atoms with Crippen molar-refractivity contribution in [2.24, 2.45) is 11.7 Å². The van der Waals surface area contributed by atoms with Crippen molar-refractivity contribution in [3.05, 3.63) is 23.9 Å². The Morgan fingerprint density at radius 3 is 2.47 bits per heavy atom. The van der Waals surface area contributed by atoms with E-state index in [0.29, 0.717) is 11.4 Å². The number of aromatic nitrogens is 1. The van der Waals surface area contributed by atoms with E-state index in [0.717, 1.165) is 0 Å². The molecule has 0 fully saturated rings. The number of hydrogen-bond acceptors (Lipinski definition) is 4. The third-order valence-electron chi connectivity index (χ3n) is 2.56. The fourth-order valence-corrected chi connectivity index (χ4v) is 1.20. The molecule has 0 aliphatic carbocycles. The maximum atomic E-state index is 10.8. The van der Waals surface area contributed by atoms with Gasteiger partial charge in [0, 0.05) is 12.2 Å². The Hall–Kier alpha value is -2.11. The highest BCUT2D eigenvalue weighted by molar-refractivity contribution is 5.92. The van der Waals surface area contributed by atoms with Crippen LogP contribution in [0, 0.1) is 5.92 Å². The summed E-state index contributed by atoms with van der Waals surface area (Å²) in [6, 6.07) is 2.86. The molecule has 6 nitrogen and oxygen atoms in total. The molecule has 1 rings (SSSR count). The minimum atomic E-state index is -0.876. The first kappa shape index (κ1) is 13.0. The minimum absolute atomic E-state index is 0.264. The van der Waals surface area contributed by atoms with E-state index in [9.17, 15) is 9.59 Å². The Kier molecular flexibility index (Phi) is 4.03. The average molecular weight is 237 g/mol. The molecule has 2 unspecified atom stereocenters. The lowest BCUT2D eigenvalue weighted by molar-refractivity contribution is -0.141. The molecular formula is C11H15N3O3. The number of amides is 1. The van der Waals surface area contributed by atoms with Crippen LogP contribution in [-0.2, 0) is 4.79 Å². The molecule has 0 saturated heterocycles. The third kappa shape index (κ3) is 3.44. The van der Waals surface area contributed by atoms with Crippen LogP contribution < -0.4 is 11.1 Å². The van der Waals surface area contributed by atoms with Gasteiger partial charge in [0.1, 0.15) is 5.82 Å². The molecule has 92 valence electrons. The SMILES string of the molecule is CC(Nc1ccc(C(N)=O)cn1)C(C)C(=O)O. The van der Waals surface area contributed by atoms with Crippen LogP contribution in [0.1, 0.15) is 24.2 Å². The first-order valence-electron chi connectivity index (χ1n) is 5.17. The highest BCUT2D eigenvalue weighted by atomic mass is 16.4. The van der Waals surface area contributed by atoms with E-state index >= 15 is 0 Å². The van der Waals surface area contributed by atoms with Crippen molar-refractivity contribution in [3.63, 3.8) is 0 Å². The number of carboxylic acid groups (broad SMARTS) is 1. The first-order valence-corrected chi connectivity index (χ1v) is 5.17. The summed E-state index contributed by atoms with van der Waals surface area (Å²) in [5, 5.41) is 11.8. The van der Waals surface area contributed by atoms with Crippen LogP contribution in [0.15, 0.2) is 18.3 Å². The molecule has 4 N–H and O–H groups in total. The van der Waals surface area contributed by atoms with Crippen molar-refractivity contribution in [2.45, 2.75) is 19.9 Å². The zero-order valence-corrected chi connectivity index (χ0v) is 9.68. The van der Waals surface area contributed by atoms with Gasteiger partial charge < -0.3 is 16.2 Å². The Balaban J connectivity index is 2.69. The molecule has 0 saturated carbocycles. The van der Waals surface area contributed by atoms with Crippen molar-refractivity contribution in [2.75, 3.05) is 5.32 Å². The van der Waals surface area contributed by atoms with Gasteiger partial charge in [-0.2, -0.15) is 0 Å². The molecule has 0 aromatic carbocycles. The summed E-state index contributed by atoms with van der Waals surface area (Å²) in [5.41, 5.74) is 5.39. The fraction of sp³-hybridized carbons (Fsp3) is 0.364. The lowest BCUT2D eigenvalue weighted by Gasteiger charge is -2.18. The third-order valence-corrected chi connectivity index (χ3v) is 2.56. The van der Waals surface area contributed by atoms with Gasteiger partial charge in [0.15, 0.2) is 0 Å². The number of carbonyl (C=O) groups excluding carboxylic acids is 1. The fourth-order valence-electron chi connectivity index (χ4n) is 1.20. The Labute approximate surface area is 98.8 Å². The van der Waals surface area contributed by atoms with Gasteiger partial charge in [0.05, 0.1) is 11.5 Å². The smallest absolute Gasteiger partial charge is 0.308 e. The number of nitrogens with zero attached hydrogens (tertiary/aromatic N) is 1. The molecule has 0 spiro atoms. The van der Waals surface area contributed by atoms with Crippen LogP contribution in [0.2, 0.25) is 0 Å². The number of carbonyl (C=O) groups is 2. The zero-order chi connectivity index (χ0) is 13.0. The molecule has 1 aromatic rings. The zero-order valence-electron chi connectivity index (χ0n) is 9.68. The molecule has 0 aliphatic heterocycles. The Morgan fingerprint density at radius 1 is 1.41 bits per heavy atom. The number of rotatable bonds is 5. The lowest BCUT2D eigenvalue weighted by atomic mass is 10.0. The number of primary amides is 1. The number of aliphatic carboxylic acids is 1. The van der Waals surface area contributed by atoms with Crippen molar-refractivity contribution in [3.8, 4) is 0 Å². The van der Waals surface area contributed by atoms with E-state index in [1.807, 2.05) is 0 Å². The molecule has 17 heavy (non-hydrogen) atoms. The van der Waals surface area contributed by atoms with Crippen LogP contribution in [0.3, 0.4) is 0 Å². The molecule has 2 atom stereocenters. The van der Waals surface area contributed by atoms with Crippen LogP contribution in [-0.4, -0.2) is 28.0 Å². The highest BCUT2D eigenvalue weighted by Crippen LogP contribution is 2.11. The second-order valence-corrected chi connectivity index (χ2v) is 3.86. The molecule has 1 aromatic heterocycles. The Bertz CT molecular complexity index is 416. The summed E-state index contributed by atoms with van der Waals surface area (Å²) in [6.45, 7) is 3.36. The molecule has 1 heterocycles. The van der Waals surface area contributed by atoms with Gasteiger partial charge in [-0.15, -0.1) is 0 Å². The number of nitrogens with two attached hydrogens (primary N) is 1. The van der Waals surface area contributed by atoms with Crippen LogP contribution in [0.4, 0.5) is 5.82 Å². The number of anilines is 1. The number of nitrogens with one attached hydrogen (secondary N) is 1. The van der Waals surface area contributed by atoms with Gasteiger partial charge >= 0.3 is 5.97 Å². The van der Waals surface area contributed by atoms with Crippen LogP contribution in [0.25, 0.3) is 0 Å². The van der Waals surface area contributed by atoms with E-state index in [1.165, 1.54) is 12.3 Å². The summed E-state index contributed by atoms with van der Waals surface area (Å²) >= 11 is 0. The van der Waals surface area contributed by atoms with Gasteiger partial charge in [0.2, 0.25) is 5.91 Å². The normalized spacial score (nSPS) is 13.8. The summed E-state index contributed by atoms with van der Waals surface area (Å²) < 4.78 is 0. The molecule has 6 heteroatoms. The minimum Gasteiger partial charge on any atom is -0.481 e. The molecular weight excluding hydrogens is 222 g/mol. The maximum absolute atomic E-state index is 10.8. The summed E-state index contributed by atoms with van der Waals surface area (Å²) in [7, 11) is 0. The first-order chi connectivity index (χ1) is 7.91. The average Bonchev–Trinajstić information content (AvgIpc) is 2.28. The van der Waals surface area contributed by atoms with E-state index < -0.39 is 17.8 Å². The van der Waals surface area contributed by atoms with Crippen molar-refractivity contribution >= 4 is 17.7 Å². The number of pyridine rings is 1. The summed E-state index contributed by atoms with van der Waals surface area (Å²) in [6.07, 6.45) is 1.35. The van der Waals surface area contributed by atoms with Gasteiger partial charge in [0.25, 0.3) is 0 Å². The molecule has 0 bridgehead atoms. The number of carboxylic acids is 1. The standard InChI is InChI=1S/C11H15N3O3/c1-6(11(16)17)7(2)14-9-4-3-8(5-13-9)10(12)15/h3-7H,1-2H3,(H2,12,15)(H,13,14)(H,16,17). The molecule has 0 aliphatic rings. The van der Waals surface area contributed by atoms with Gasteiger partial charge in [-0.3, -0.25) is 9.59 Å².